The molecule has 0 aromatic rings. The molecule has 104 valence electrons. The van der Waals surface area contributed by atoms with Crippen molar-refractivity contribution in [2.45, 2.75) is 46.6 Å². The van der Waals surface area contributed by atoms with Gasteiger partial charge in [0.1, 0.15) is 5.60 Å². The highest BCUT2D eigenvalue weighted by Gasteiger charge is 2.35. The fraction of sp³-hybridized carbons (Fsp3) is 0.786. The van der Waals surface area contributed by atoms with E-state index in [-0.39, 0.29) is 11.5 Å². The Balaban J connectivity index is 2.69. The van der Waals surface area contributed by atoms with Crippen LogP contribution in [0.5, 0.6) is 0 Å². The number of amides is 1. The lowest BCUT2D eigenvalue weighted by Crippen LogP contribution is -2.46. The van der Waals surface area contributed by atoms with E-state index in [1.54, 1.807) is 18.3 Å². The van der Waals surface area contributed by atoms with Crippen LogP contribution in [0, 0.1) is 5.41 Å². The summed E-state index contributed by atoms with van der Waals surface area (Å²) >= 11 is 0. The summed E-state index contributed by atoms with van der Waals surface area (Å²) in [4.78, 5) is 13.8. The summed E-state index contributed by atoms with van der Waals surface area (Å²) in [5.41, 5.74) is 0.736. The predicted molar refractivity (Wildman–Crippen MR) is 71.3 cm³/mol. The molecule has 0 atom stereocenters. The highest BCUT2D eigenvalue weighted by molar-refractivity contribution is 5.68. The Bertz CT molecular complexity index is 339. The first kappa shape index (κ1) is 14.9. The Kier molecular flexibility index (Phi) is 4.30. The second-order valence-electron chi connectivity index (χ2n) is 6.41. The van der Waals surface area contributed by atoms with Gasteiger partial charge in [-0.3, -0.25) is 0 Å². The first-order valence-corrected chi connectivity index (χ1v) is 6.36. The molecule has 0 unspecified atom stereocenters. The van der Waals surface area contributed by atoms with Crippen molar-refractivity contribution >= 4 is 6.09 Å². The number of ether oxygens (including phenoxy) is 2. The van der Waals surface area contributed by atoms with Crippen molar-refractivity contribution in [3.05, 3.63) is 11.8 Å². The first-order chi connectivity index (χ1) is 8.15. The summed E-state index contributed by atoms with van der Waals surface area (Å²) < 4.78 is 10.5. The Hall–Kier alpha value is -1.19. The zero-order chi connectivity index (χ0) is 14.0. The van der Waals surface area contributed by atoms with Gasteiger partial charge < -0.3 is 14.4 Å². The minimum Gasteiger partial charge on any atom is -0.504 e. The SMILES string of the molecule is CO/C=C1\CCN(C(=O)OC(C)(C)C)CC1(C)C. The van der Waals surface area contributed by atoms with Crippen molar-refractivity contribution in [3.8, 4) is 0 Å². The first-order valence-electron chi connectivity index (χ1n) is 6.36. The third-order valence-corrected chi connectivity index (χ3v) is 3.02. The molecule has 1 aliphatic heterocycles. The van der Waals surface area contributed by atoms with Crippen molar-refractivity contribution in [2.75, 3.05) is 20.2 Å². The van der Waals surface area contributed by atoms with Gasteiger partial charge in [-0.05, 0) is 32.8 Å². The van der Waals surface area contributed by atoms with E-state index in [9.17, 15) is 4.79 Å². The van der Waals surface area contributed by atoms with Gasteiger partial charge in [0.2, 0.25) is 0 Å². The monoisotopic (exact) mass is 255 g/mol. The third-order valence-electron chi connectivity index (χ3n) is 3.02. The fourth-order valence-corrected chi connectivity index (χ4v) is 2.09. The summed E-state index contributed by atoms with van der Waals surface area (Å²) in [6, 6.07) is 0. The molecule has 0 aromatic carbocycles. The standard InChI is InChI=1S/C14H25NO3/c1-13(2,3)18-12(16)15-8-7-11(9-17-6)14(4,5)10-15/h9H,7-8,10H2,1-6H3/b11-9+. The van der Waals surface area contributed by atoms with E-state index in [0.29, 0.717) is 13.1 Å². The lowest BCUT2D eigenvalue weighted by atomic mass is 9.80. The smallest absolute Gasteiger partial charge is 0.410 e. The molecule has 1 saturated heterocycles. The lowest BCUT2D eigenvalue weighted by Gasteiger charge is -2.40. The van der Waals surface area contributed by atoms with Crippen LogP contribution in [0.15, 0.2) is 11.8 Å². The molecule has 1 heterocycles. The maximum atomic E-state index is 12.0. The molecule has 0 aliphatic carbocycles. The second kappa shape index (κ2) is 5.21. The van der Waals surface area contributed by atoms with Crippen LogP contribution in [0.2, 0.25) is 0 Å². The largest absolute Gasteiger partial charge is 0.504 e. The zero-order valence-corrected chi connectivity index (χ0v) is 12.4. The van der Waals surface area contributed by atoms with E-state index < -0.39 is 5.60 Å². The number of nitrogens with zero attached hydrogens (tertiary/aromatic N) is 1. The molecule has 4 heteroatoms. The Morgan fingerprint density at radius 3 is 2.44 bits per heavy atom. The minimum absolute atomic E-state index is 0.0643. The zero-order valence-electron chi connectivity index (χ0n) is 12.4. The van der Waals surface area contributed by atoms with Crippen molar-refractivity contribution < 1.29 is 14.3 Å². The number of hydrogen-bond acceptors (Lipinski definition) is 3. The number of hydrogen-bond donors (Lipinski definition) is 0. The molecule has 1 fully saturated rings. The number of carbonyl (C=O) groups excluding carboxylic acids is 1. The van der Waals surface area contributed by atoms with E-state index in [1.807, 2.05) is 20.8 Å². The molecule has 1 rings (SSSR count). The van der Waals surface area contributed by atoms with Gasteiger partial charge in [-0.2, -0.15) is 0 Å². The van der Waals surface area contributed by atoms with E-state index in [0.717, 1.165) is 6.42 Å². The van der Waals surface area contributed by atoms with Crippen LogP contribution >= 0.6 is 0 Å². The number of likely N-dealkylation sites (tertiary alicyclic amines) is 1. The highest BCUT2D eigenvalue weighted by Crippen LogP contribution is 2.34. The van der Waals surface area contributed by atoms with Gasteiger partial charge in [-0.1, -0.05) is 13.8 Å². The van der Waals surface area contributed by atoms with Crippen LogP contribution < -0.4 is 0 Å². The van der Waals surface area contributed by atoms with Gasteiger partial charge in [-0.15, -0.1) is 0 Å². The van der Waals surface area contributed by atoms with Gasteiger partial charge in [0.25, 0.3) is 0 Å². The summed E-state index contributed by atoms with van der Waals surface area (Å²) in [5.74, 6) is 0. The quantitative estimate of drug-likeness (QED) is 0.675. The van der Waals surface area contributed by atoms with Gasteiger partial charge in [0.05, 0.1) is 13.4 Å². The average Bonchev–Trinajstić information content (AvgIpc) is 2.18. The maximum Gasteiger partial charge on any atom is 0.410 e. The van der Waals surface area contributed by atoms with Crippen LogP contribution in [0.25, 0.3) is 0 Å². The molecule has 0 spiro atoms. The Morgan fingerprint density at radius 2 is 2.00 bits per heavy atom. The molecule has 1 amide bonds. The molecule has 0 N–H and O–H groups in total. The van der Waals surface area contributed by atoms with Crippen LogP contribution in [0.1, 0.15) is 41.0 Å². The van der Waals surface area contributed by atoms with Crippen LogP contribution in [-0.2, 0) is 9.47 Å². The highest BCUT2D eigenvalue weighted by atomic mass is 16.6. The van der Waals surface area contributed by atoms with E-state index in [1.165, 1.54) is 5.57 Å². The Labute approximate surface area is 110 Å². The molecule has 18 heavy (non-hydrogen) atoms. The molecule has 0 bridgehead atoms. The molecular formula is C14H25NO3. The van der Waals surface area contributed by atoms with E-state index in [2.05, 4.69) is 13.8 Å². The summed E-state index contributed by atoms with van der Waals surface area (Å²) in [7, 11) is 1.66. The van der Waals surface area contributed by atoms with Crippen LogP contribution in [-0.4, -0.2) is 36.8 Å². The molecule has 0 saturated carbocycles. The number of carbonyl (C=O) groups is 1. The molecule has 0 radical (unpaired) electrons. The van der Waals surface area contributed by atoms with E-state index >= 15 is 0 Å². The Morgan fingerprint density at radius 1 is 1.39 bits per heavy atom. The number of piperidine rings is 1. The molecule has 1 aliphatic rings. The predicted octanol–water partition coefficient (Wildman–Crippen LogP) is 3.18. The summed E-state index contributed by atoms with van der Waals surface area (Å²) in [6.07, 6.45) is 2.40. The number of methoxy groups -OCH3 is 1. The third kappa shape index (κ3) is 3.93. The summed E-state index contributed by atoms with van der Waals surface area (Å²) in [5, 5.41) is 0. The normalized spacial score (nSPS) is 21.9. The van der Waals surface area contributed by atoms with Crippen molar-refractivity contribution in [2.24, 2.45) is 5.41 Å². The minimum atomic E-state index is -0.441. The van der Waals surface area contributed by atoms with Crippen LogP contribution in [0.4, 0.5) is 4.79 Å². The average molecular weight is 255 g/mol. The van der Waals surface area contributed by atoms with Crippen molar-refractivity contribution in [1.82, 2.24) is 4.90 Å². The summed E-state index contributed by atoms with van der Waals surface area (Å²) in [6.45, 7) is 11.2. The van der Waals surface area contributed by atoms with Crippen molar-refractivity contribution in [1.29, 1.82) is 0 Å². The van der Waals surface area contributed by atoms with Crippen LogP contribution in [0.3, 0.4) is 0 Å². The lowest BCUT2D eigenvalue weighted by molar-refractivity contribution is 0.0153. The van der Waals surface area contributed by atoms with Crippen molar-refractivity contribution in [3.63, 3.8) is 0 Å². The molecular weight excluding hydrogens is 230 g/mol. The topological polar surface area (TPSA) is 38.8 Å². The second-order valence-corrected chi connectivity index (χ2v) is 6.41. The van der Waals surface area contributed by atoms with Gasteiger partial charge in [0, 0.05) is 18.5 Å². The van der Waals surface area contributed by atoms with Gasteiger partial charge in [0.15, 0.2) is 0 Å². The van der Waals surface area contributed by atoms with Gasteiger partial charge >= 0.3 is 6.09 Å². The maximum absolute atomic E-state index is 12.0. The van der Waals surface area contributed by atoms with E-state index in [4.69, 9.17) is 9.47 Å². The molecule has 0 aromatic heterocycles. The molecule has 4 nitrogen and oxygen atoms in total. The van der Waals surface area contributed by atoms with Gasteiger partial charge in [-0.25, -0.2) is 4.79 Å². The number of rotatable bonds is 1. The fourth-order valence-electron chi connectivity index (χ4n) is 2.09.